The van der Waals surface area contributed by atoms with E-state index in [9.17, 15) is 33.2 Å². The van der Waals surface area contributed by atoms with Gasteiger partial charge in [0.25, 0.3) is 5.69 Å². The van der Waals surface area contributed by atoms with Crippen molar-refractivity contribution in [2.24, 2.45) is 11.7 Å². The van der Waals surface area contributed by atoms with Gasteiger partial charge in [-0.3, -0.25) is 10.1 Å². The van der Waals surface area contributed by atoms with E-state index in [4.69, 9.17) is 10.5 Å². The Morgan fingerprint density at radius 1 is 1.16 bits per heavy atom. The van der Waals surface area contributed by atoms with E-state index in [0.717, 1.165) is 30.3 Å². The summed E-state index contributed by atoms with van der Waals surface area (Å²) in [5.41, 5.74) is 5.78. The van der Waals surface area contributed by atoms with Crippen LogP contribution < -0.4 is 10.5 Å². The number of ether oxygens (including phenoxy) is 1. The molecule has 0 aliphatic carbocycles. The van der Waals surface area contributed by atoms with Crippen LogP contribution in [0.3, 0.4) is 0 Å². The molecule has 12 heteroatoms. The lowest BCUT2D eigenvalue weighted by molar-refractivity contribution is -0.749. The maximum absolute atomic E-state index is 14.2. The number of rotatable bonds is 14. The molecule has 38 heavy (non-hydrogen) atoms. The number of methoxy groups -OCH3 is 1. The normalized spacial score (nSPS) is 14.2. The highest BCUT2D eigenvalue weighted by molar-refractivity contribution is 7.86. The first-order chi connectivity index (χ1) is 17.9. The lowest BCUT2D eigenvalue weighted by atomic mass is 10.0. The summed E-state index contributed by atoms with van der Waals surface area (Å²) in [6.07, 6.45) is 3.08. The minimum Gasteiger partial charge on any atom is -0.497 e. The van der Waals surface area contributed by atoms with Crippen LogP contribution in [-0.4, -0.2) is 60.5 Å². The summed E-state index contributed by atoms with van der Waals surface area (Å²) in [7, 11) is -3.24. The van der Waals surface area contributed by atoms with Crippen LogP contribution in [0.2, 0.25) is 0 Å². The maximum Gasteiger partial charge on any atom is 0.364 e. The fourth-order valence-corrected chi connectivity index (χ4v) is 6.44. The van der Waals surface area contributed by atoms with Crippen LogP contribution in [0, 0.1) is 16.0 Å². The molecule has 0 spiro atoms. The van der Waals surface area contributed by atoms with Crippen LogP contribution in [0.15, 0.2) is 59.5 Å². The molecule has 1 amide bonds. The third-order valence-corrected chi connectivity index (χ3v) is 8.33. The number of nitrogens with two attached hydrogens (primary N) is 1. The molecule has 2 atom stereocenters. The van der Waals surface area contributed by atoms with E-state index in [0.29, 0.717) is 17.7 Å². The van der Waals surface area contributed by atoms with Crippen LogP contribution in [-0.2, 0) is 19.6 Å². The van der Waals surface area contributed by atoms with Gasteiger partial charge in [-0.2, -0.15) is 8.42 Å². The van der Waals surface area contributed by atoms with Crippen molar-refractivity contribution < 1.29 is 36.7 Å². The van der Waals surface area contributed by atoms with Gasteiger partial charge >= 0.3 is 21.9 Å². The average Bonchev–Trinajstić information content (AvgIpc) is 2.88. The number of carboxylic acids is 1. The molecular weight excluding hydrogens is 514 g/mol. The van der Waals surface area contributed by atoms with E-state index in [1.165, 1.54) is 13.2 Å². The van der Waals surface area contributed by atoms with Crippen molar-refractivity contribution in [3.8, 4) is 5.75 Å². The first kappa shape index (κ1) is 30.6. The number of sulfonamides is 1. The fourth-order valence-electron chi connectivity index (χ4n) is 4.26. The van der Waals surface area contributed by atoms with E-state index in [1.54, 1.807) is 38.1 Å². The zero-order valence-electron chi connectivity index (χ0n) is 21.6. The Kier molecular flexibility index (Phi) is 10.7. The summed E-state index contributed by atoms with van der Waals surface area (Å²) in [4.78, 5) is 36.6. The molecular formula is C26H34N3O8S+. The molecule has 0 saturated carbocycles. The molecule has 1 unspecified atom stereocenters. The zero-order valence-corrected chi connectivity index (χ0v) is 22.5. The smallest absolute Gasteiger partial charge is 0.364 e. The van der Waals surface area contributed by atoms with Gasteiger partial charge in [-0.05, 0) is 55.3 Å². The molecule has 0 aliphatic rings. The predicted octanol–water partition coefficient (Wildman–Crippen LogP) is 3.59. The Balaban J connectivity index is 2.79. The third kappa shape index (κ3) is 6.82. The lowest BCUT2D eigenvalue weighted by Gasteiger charge is -2.39. The summed E-state index contributed by atoms with van der Waals surface area (Å²) in [6, 6.07) is 9.15. The van der Waals surface area contributed by atoms with Crippen LogP contribution in [0.1, 0.15) is 38.7 Å². The number of hydrogen-bond donors (Lipinski definition) is 2. The lowest BCUT2D eigenvalue weighted by Crippen LogP contribution is -2.65. The molecule has 0 heterocycles. The van der Waals surface area contributed by atoms with E-state index in [1.807, 2.05) is 0 Å². The van der Waals surface area contributed by atoms with E-state index in [-0.39, 0.29) is 31.6 Å². The van der Waals surface area contributed by atoms with E-state index < -0.39 is 47.6 Å². The number of hydrogen-bond acceptors (Lipinski definition) is 8. The number of carbonyl (C=O) groups is 2. The minimum absolute atomic E-state index is 0.121. The monoisotopic (exact) mass is 548 g/mol. The van der Waals surface area contributed by atoms with Gasteiger partial charge in [0.1, 0.15) is 17.2 Å². The van der Waals surface area contributed by atoms with Crippen molar-refractivity contribution in [2.75, 3.05) is 20.2 Å². The molecule has 11 nitrogen and oxygen atoms in total. The van der Waals surface area contributed by atoms with E-state index >= 15 is 0 Å². The second-order valence-electron chi connectivity index (χ2n) is 9.18. The van der Waals surface area contributed by atoms with Crippen molar-refractivity contribution >= 4 is 33.7 Å². The molecule has 0 saturated heterocycles. The number of unbranched alkanes of at least 4 members (excludes halogenated alkanes) is 1. The number of non-ortho nitro benzene ring substituents is 1. The van der Waals surface area contributed by atoms with E-state index in [2.05, 4.69) is 0 Å². The van der Waals surface area contributed by atoms with Crippen LogP contribution in [0.25, 0.3) is 6.08 Å². The van der Waals surface area contributed by atoms with Gasteiger partial charge in [-0.15, -0.1) is 3.89 Å². The number of amides is 1. The largest absolute Gasteiger partial charge is 0.497 e. The SMILES string of the molecule is COc1cccc(C=CC(=O)[N+](CC(C)C)([C@@H](CCCCN)C(=O)O)S(=O)(=O)c2ccc([N+](=O)[O-])cc2)c1. The molecule has 0 aromatic heterocycles. The molecule has 3 N–H and O–H groups in total. The highest BCUT2D eigenvalue weighted by Gasteiger charge is 2.57. The van der Waals surface area contributed by atoms with Gasteiger partial charge in [0.15, 0.2) is 0 Å². The Morgan fingerprint density at radius 3 is 2.34 bits per heavy atom. The Bertz CT molecular complexity index is 1280. The van der Waals surface area contributed by atoms with Crippen LogP contribution in [0.4, 0.5) is 5.69 Å². The Hall–Kier alpha value is -3.61. The first-order valence-electron chi connectivity index (χ1n) is 12.1. The number of aliphatic carboxylic acids is 1. The van der Waals surface area contributed by atoms with Crippen molar-refractivity contribution in [1.82, 2.24) is 0 Å². The van der Waals surface area contributed by atoms with Crippen molar-refractivity contribution in [3.63, 3.8) is 0 Å². The van der Waals surface area contributed by atoms with Gasteiger partial charge in [-0.25, -0.2) is 9.59 Å². The predicted molar refractivity (Wildman–Crippen MR) is 142 cm³/mol. The van der Waals surface area contributed by atoms with Gasteiger partial charge in [0, 0.05) is 30.5 Å². The number of nitro groups is 1. The summed E-state index contributed by atoms with van der Waals surface area (Å²) in [5, 5.41) is 21.4. The third-order valence-electron chi connectivity index (χ3n) is 6.02. The number of quaternary nitrogens is 1. The molecule has 206 valence electrons. The number of carbonyl (C=O) groups excluding carboxylic acids is 1. The second-order valence-corrected chi connectivity index (χ2v) is 11.3. The molecule has 0 aliphatic heterocycles. The Labute approximate surface area is 222 Å². The fraction of sp³-hybridized carbons (Fsp3) is 0.385. The summed E-state index contributed by atoms with van der Waals surface area (Å²) in [6.45, 7) is 3.32. The van der Waals surface area contributed by atoms with Gasteiger partial charge < -0.3 is 15.6 Å². The highest BCUT2D eigenvalue weighted by Crippen LogP contribution is 2.34. The number of nitrogens with zero attached hydrogens (tertiary/aromatic N) is 2. The molecule has 0 bridgehead atoms. The molecule has 2 aromatic carbocycles. The Morgan fingerprint density at radius 2 is 1.82 bits per heavy atom. The molecule has 2 aromatic rings. The molecule has 2 rings (SSSR count). The number of nitro benzene ring substituents is 1. The average molecular weight is 549 g/mol. The molecule has 0 fully saturated rings. The van der Waals surface area contributed by atoms with Crippen molar-refractivity contribution in [2.45, 2.75) is 44.0 Å². The molecule has 0 radical (unpaired) electrons. The van der Waals surface area contributed by atoms with Crippen LogP contribution in [0.5, 0.6) is 5.75 Å². The van der Waals surface area contributed by atoms with Gasteiger partial charge in [0.05, 0.1) is 12.0 Å². The standard InChI is InChI=1S/C26H33N3O8S/c1-19(2)18-29(24(26(31)32)9-4-5-16-27,25(30)15-10-20-7-6-8-22(17-20)37-3)38(35,36)23-13-11-21(12-14-23)28(33)34/h6-8,10-15,17,19,24H,4-5,9,16,18,27H2,1-3H3/p+1/t24-,29?/m0/s1. The second kappa shape index (κ2) is 13.3. The summed E-state index contributed by atoms with van der Waals surface area (Å²) >= 11 is 0. The zero-order chi connectivity index (χ0) is 28.5. The summed E-state index contributed by atoms with van der Waals surface area (Å²) in [5.74, 6) is -2.28. The summed E-state index contributed by atoms with van der Waals surface area (Å²) < 4.78 is 32.3. The number of carboxylic acid groups (broad SMARTS) is 1. The highest BCUT2D eigenvalue weighted by atomic mass is 32.2. The maximum atomic E-state index is 14.2. The topological polar surface area (TPSA) is 167 Å². The van der Waals surface area contributed by atoms with Gasteiger partial charge in [-0.1, -0.05) is 26.0 Å². The first-order valence-corrected chi connectivity index (χ1v) is 13.5. The minimum atomic E-state index is -4.72. The van der Waals surface area contributed by atoms with Gasteiger partial charge in [0.2, 0.25) is 6.04 Å². The van der Waals surface area contributed by atoms with Crippen molar-refractivity contribution in [3.05, 3.63) is 70.3 Å². The number of benzene rings is 2. The quantitative estimate of drug-likeness (QED) is 0.118. The van der Waals surface area contributed by atoms with Crippen molar-refractivity contribution in [1.29, 1.82) is 0 Å². The van der Waals surface area contributed by atoms with Crippen LogP contribution >= 0.6 is 0 Å².